The lowest BCUT2D eigenvalue weighted by molar-refractivity contribution is 1.03. The number of aryl methyl sites for hydroxylation is 1. The topological polar surface area (TPSA) is 17.3 Å². The van der Waals surface area contributed by atoms with Crippen molar-refractivity contribution in [2.24, 2.45) is 0 Å². The number of halogens is 2. The minimum atomic E-state index is 0.421. The van der Waals surface area contributed by atoms with E-state index in [9.17, 15) is 0 Å². The van der Waals surface area contributed by atoms with Crippen LogP contribution in [0.25, 0.3) is 5.65 Å². The summed E-state index contributed by atoms with van der Waals surface area (Å²) in [5, 5.41) is 0.685. The van der Waals surface area contributed by atoms with Gasteiger partial charge in [0.2, 0.25) is 0 Å². The standard InChI is InChI=1S/C17H16Cl2N2/c1-2-12-3-5-13(6-4-12)9-15-16(10-18)21-11-14(19)7-8-17(21)20-15/h3-8,11H,2,9-10H2,1H3. The lowest BCUT2D eigenvalue weighted by Gasteiger charge is -2.03. The van der Waals surface area contributed by atoms with Gasteiger partial charge in [-0.25, -0.2) is 4.98 Å². The van der Waals surface area contributed by atoms with Crippen molar-refractivity contribution < 1.29 is 0 Å². The number of aromatic nitrogens is 2. The van der Waals surface area contributed by atoms with Crippen LogP contribution in [0.4, 0.5) is 0 Å². The maximum absolute atomic E-state index is 6.11. The molecule has 0 spiro atoms. The van der Waals surface area contributed by atoms with E-state index in [4.69, 9.17) is 23.2 Å². The average molecular weight is 319 g/mol. The molecule has 2 aromatic heterocycles. The van der Waals surface area contributed by atoms with Gasteiger partial charge in [-0.1, -0.05) is 42.8 Å². The first-order chi connectivity index (χ1) is 10.2. The second-order valence-corrected chi connectivity index (χ2v) is 5.76. The van der Waals surface area contributed by atoms with Gasteiger partial charge >= 0.3 is 0 Å². The van der Waals surface area contributed by atoms with Gasteiger partial charge in [0.1, 0.15) is 5.65 Å². The van der Waals surface area contributed by atoms with E-state index in [1.165, 1.54) is 11.1 Å². The molecule has 0 unspecified atom stereocenters. The van der Waals surface area contributed by atoms with E-state index in [2.05, 4.69) is 36.2 Å². The monoisotopic (exact) mass is 318 g/mol. The predicted molar refractivity (Wildman–Crippen MR) is 88.4 cm³/mol. The van der Waals surface area contributed by atoms with Gasteiger partial charge in [0.25, 0.3) is 0 Å². The van der Waals surface area contributed by atoms with E-state index < -0.39 is 0 Å². The van der Waals surface area contributed by atoms with Crippen molar-refractivity contribution in [3.63, 3.8) is 0 Å². The minimum Gasteiger partial charge on any atom is -0.301 e. The molecule has 0 atom stereocenters. The molecule has 2 heterocycles. The molecule has 0 saturated heterocycles. The molecule has 2 nitrogen and oxygen atoms in total. The molecule has 0 amide bonds. The predicted octanol–water partition coefficient (Wildman–Crippen LogP) is 4.88. The van der Waals surface area contributed by atoms with Gasteiger partial charge in [-0.3, -0.25) is 0 Å². The highest BCUT2D eigenvalue weighted by Gasteiger charge is 2.12. The summed E-state index contributed by atoms with van der Waals surface area (Å²) < 4.78 is 1.98. The van der Waals surface area contributed by atoms with Gasteiger partial charge in [-0.2, -0.15) is 0 Å². The number of alkyl halides is 1. The van der Waals surface area contributed by atoms with Crippen LogP contribution in [0.1, 0.15) is 29.4 Å². The van der Waals surface area contributed by atoms with Crippen LogP contribution in [0.3, 0.4) is 0 Å². The van der Waals surface area contributed by atoms with Gasteiger partial charge in [-0.05, 0) is 29.7 Å². The number of benzene rings is 1. The Morgan fingerprint density at radius 1 is 1.05 bits per heavy atom. The number of nitrogens with zero attached hydrogens (tertiary/aromatic N) is 2. The molecule has 0 saturated carbocycles. The van der Waals surface area contributed by atoms with Crippen molar-refractivity contribution in [1.29, 1.82) is 0 Å². The summed E-state index contributed by atoms with van der Waals surface area (Å²) in [5.41, 5.74) is 5.49. The Morgan fingerprint density at radius 2 is 1.76 bits per heavy atom. The highest BCUT2D eigenvalue weighted by atomic mass is 35.5. The van der Waals surface area contributed by atoms with Crippen LogP contribution < -0.4 is 0 Å². The third-order valence-electron chi connectivity index (χ3n) is 3.69. The summed E-state index contributed by atoms with van der Waals surface area (Å²) in [5.74, 6) is 0.421. The number of hydrogen-bond donors (Lipinski definition) is 0. The fraction of sp³-hybridized carbons (Fsp3) is 0.235. The quantitative estimate of drug-likeness (QED) is 0.627. The Bertz CT molecular complexity index is 760. The van der Waals surface area contributed by atoms with Gasteiger partial charge in [0, 0.05) is 12.6 Å². The van der Waals surface area contributed by atoms with Crippen LogP contribution in [-0.2, 0) is 18.7 Å². The molecule has 0 radical (unpaired) electrons. The highest BCUT2D eigenvalue weighted by molar-refractivity contribution is 6.30. The lowest BCUT2D eigenvalue weighted by atomic mass is 10.1. The van der Waals surface area contributed by atoms with Crippen molar-refractivity contribution in [1.82, 2.24) is 9.38 Å². The molecule has 0 fully saturated rings. The number of pyridine rings is 1. The fourth-order valence-corrected chi connectivity index (χ4v) is 2.93. The van der Waals surface area contributed by atoms with Crippen LogP contribution in [0.2, 0.25) is 5.02 Å². The molecule has 1 aromatic carbocycles. The molecule has 108 valence electrons. The van der Waals surface area contributed by atoms with Crippen molar-refractivity contribution in [2.75, 3.05) is 0 Å². The molecular formula is C17H16Cl2N2. The van der Waals surface area contributed by atoms with Gasteiger partial charge in [-0.15, -0.1) is 11.6 Å². The molecule has 0 bridgehead atoms. The van der Waals surface area contributed by atoms with Crippen LogP contribution in [0, 0.1) is 0 Å². The van der Waals surface area contributed by atoms with Crippen LogP contribution in [0.5, 0.6) is 0 Å². The molecule has 4 heteroatoms. The number of imidazole rings is 1. The summed E-state index contributed by atoms with van der Waals surface area (Å²) in [6.07, 6.45) is 3.71. The number of fused-ring (bicyclic) bond motifs is 1. The van der Waals surface area contributed by atoms with Gasteiger partial charge in [0.05, 0.1) is 22.3 Å². The van der Waals surface area contributed by atoms with Crippen LogP contribution >= 0.6 is 23.2 Å². The third kappa shape index (κ3) is 2.92. The van der Waals surface area contributed by atoms with E-state index in [0.29, 0.717) is 10.9 Å². The third-order valence-corrected chi connectivity index (χ3v) is 4.17. The Balaban J connectivity index is 1.99. The second-order valence-electron chi connectivity index (χ2n) is 5.06. The Labute approximate surface area is 134 Å². The zero-order valence-electron chi connectivity index (χ0n) is 11.8. The molecule has 3 aromatic rings. The second kappa shape index (κ2) is 6.08. The Kier molecular flexibility index (Phi) is 4.18. The van der Waals surface area contributed by atoms with E-state index in [0.717, 1.165) is 29.9 Å². The largest absolute Gasteiger partial charge is 0.301 e. The van der Waals surface area contributed by atoms with Gasteiger partial charge in [0.15, 0.2) is 0 Å². The zero-order chi connectivity index (χ0) is 14.8. The van der Waals surface area contributed by atoms with Gasteiger partial charge < -0.3 is 4.40 Å². The normalized spacial score (nSPS) is 11.2. The first kappa shape index (κ1) is 14.4. The van der Waals surface area contributed by atoms with Crippen LogP contribution in [0.15, 0.2) is 42.6 Å². The first-order valence-electron chi connectivity index (χ1n) is 7.00. The Hall–Kier alpha value is -1.51. The molecule has 0 aliphatic heterocycles. The summed E-state index contributed by atoms with van der Waals surface area (Å²) in [6, 6.07) is 12.4. The van der Waals surface area contributed by atoms with Crippen molar-refractivity contribution >= 4 is 28.8 Å². The molecule has 21 heavy (non-hydrogen) atoms. The van der Waals surface area contributed by atoms with E-state index in [-0.39, 0.29) is 0 Å². The molecular weight excluding hydrogens is 303 g/mol. The van der Waals surface area contributed by atoms with Crippen molar-refractivity contribution in [3.05, 3.63) is 70.1 Å². The lowest BCUT2D eigenvalue weighted by Crippen LogP contribution is -1.96. The Morgan fingerprint density at radius 3 is 2.43 bits per heavy atom. The summed E-state index contributed by atoms with van der Waals surface area (Å²) >= 11 is 12.2. The maximum atomic E-state index is 6.11. The maximum Gasteiger partial charge on any atom is 0.137 e. The summed E-state index contributed by atoms with van der Waals surface area (Å²) in [7, 11) is 0. The van der Waals surface area contributed by atoms with E-state index in [1.54, 1.807) is 0 Å². The molecule has 0 N–H and O–H groups in total. The summed E-state index contributed by atoms with van der Waals surface area (Å²) in [4.78, 5) is 4.68. The molecule has 3 rings (SSSR count). The van der Waals surface area contributed by atoms with E-state index >= 15 is 0 Å². The van der Waals surface area contributed by atoms with Crippen LogP contribution in [-0.4, -0.2) is 9.38 Å². The number of rotatable bonds is 4. The SMILES string of the molecule is CCc1ccc(Cc2nc3ccc(Cl)cn3c2CCl)cc1. The average Bonchev–Trinajstić information content (AvgIpc) is 2.84. The van der Waals surface area contributed by atoms with E-state index in [1.807, 2.05) is 22.7 Å². The summed E-state index contributed by atoms with van der Waals surface area (Å²) in [6.45, 7) is 2.16. The highest BCUT2D eigenvalue weighted by Crippen LogP contribution is 2.21. The first-order valence-corrected chi connectivity index (χ1v) is 7.91. The molecule has 0 aliphatic rings. The molecule has 0 aliphatic carbocycles. The fourth-order valence-electron chi connectivity index (χ4n) is 2.49. The van der Waals surface area contributed by atoms with Crippen molar-refractivity contribution in [2.45, 2.75) is 25.6 Å². The zero-order valence-corrected chi connectivity index (χ0v) is 13.3. The van der Waals surface area contributed by atoms with Crippen molar-refractivity contribution in [3.8, 4) is 0 Å². The smallest absolute Gasteiger partial charge is 0.137 e. The number of hydrogen-bond acceptors (Lipinski definition) is 1. The minimum absolute atomic E-state index is 0.421.